The maximum absolute atomic E-state index is 13.1. The lowest BCUT2D eigenvalue weighted by atomic mass is 10.2. The van der Waals surface area contributed by atoms with Crippen molar-refractivity contribution in [3.8, 4) is 11.5 Å². The third-order valence-electron chi connectivity index (χ3n) is 4.54. The molecule has 1 fully saturated rings. The van der Waals surface area contributed by atoms with Gasteiger partial charge in [-0.3, -0.25) is 4.79 Å². The summed E-state index contributed by atoms with van der Waals surface area (Å²) in [6.45, 7) is 4.22. The van der Waals surface area contributed by atoms with E-state index < -0.39 is 15.8 Å². The molecule has 1 N–H and O–H groups in total. The van der Waals surface area contributed by atoms with E-state index in [9.17, 15) is 17.6 Å². The number of ether oxygens (including phenoxy) is 1. The summed E-state index contributed by atoms with van der Waals surface area (Å²) in [5.41, 5.74) is 0.273. The molecule has 1 saturated carbocycles. The molecule has 0 radical (unpaired) electrons. The Morgan fingerprint density at radius 1 is 1.14 bits per heavy atom. The number of anilines is 1. The maximum atomic E-state index is 13.1. The molecule has 0 spiro atoms. The largest absolute Gasteiger partial charge is 0.455 e. The fourth-order valence-electron chi connectivity index (χ4n) is 2.78. The molecule has 3 rings (SSSR count). The summed E-state index contributed by atoms with van der Waals surface area (Å²) in [6.07, 6.45) is 1.63. The predicted molar refractivity (Wildman–Crippen MR) is 104 cm³/mol. The van der Waals surface area contributed by atoms with Gasteiger partial charge in [-0.05, 0) is 55.3 Å². The number of benzene rings is 2. The van der Waals surface area contributed by atoms with Gasteiger partial charge in [0.05, 0.1) is 10.6 Å². The Hall–Kier alpha value is -2.45. The van der Waals surface area contributed by atoms with Gasteiger partial charge in [0.2, 0.25) is 15.9 Å². The van der Waals surface area contributed by atoms with Crippen molar-refractivity contribution in [2.24, 2.45) is 5.92 Å². The van der Waals surface area contributed by atoms with Crippen molar-refractivity contribution in [3.05, 3.63) is 48.3 Å². The van der Waals surface area contributed by atoms with Crippen LogP contribution in [0.4, 0.5) is 10.1 Å². The third-order valence-corrected chi connectivity index (χ3v) is 6.59. The highest BCUT2D eigenvalue weighted by Gasteiger charge is 2.31. The minimum atomic E-state index is -3.68. The summed E-state index contributed by atoms with van der Waals surface area (Å²) in [4.78, 5) is 12.3. The number of rotatable bonds is 8. The number of carbonyl (C=O) groups is 1. The predicted octanol–water partition coefficient (Wildman–Crippen LogP) is 4.00. The summed E-state index contributed by atoms with van der Waals surface area (Å²) in [6, 6.07) is 9.80. The third kappa shape index (κ3) is 4.51. The van der Waals surface area contributed by atoms with Crippen LogP contribution in [-0.2, 0) is 14.8 Å². The zero-order valence-corrected chi connectivity index (χ0v) is 16.6. The molecule has 2 aromatic carbocycles. The average molecular weight is 406 g/mol. The fraction of sp³-hybridized carbons (Fsp3) is 0.350. The minimum absolute atomic E-state index is 0.0540. The molecule has 28 heavy (non-hydrogen) atoms. The van der Waals surface area contributed by atoms with Crippen LogP contribution in [0.5, 0.6) is 11.5 Å². The first-order valence-electron chi connectivity index (χ1n) is 9.23. The van der Waals surface area contributed by atoms with Gasteiger partial charge in [0.15, 0.2) is 5.75 Å². The average Bonchev–Trinajstić information content (AvgIpc) is 3.51. The van der Waals surface area contributed by atoms with E-state index in [0.29, 0.717) is 24.6 Å². The van der Waals surface area contributed by atoms with E-state index in [2.05, 4.69) is 5.32 Å². The lowest BCUT2D eigenvalue weighted by Crippen LogP contribution is -2.30. The summed E-state index contributed by atoms with van der Waals surface area (Å²) < 4.78 is 45.8. The fourth-order valence-corrected chi connectivity index (χ4v) is 4.26. The Morgan fingerprint density at radius 2 is 1.79 bits per heavy atom. The van der Waals surface area contributed by atoms with E-state index in [4.69, 9.17) is 4.74 Å². The van der Waals surface area contributed by atoms with Crippen molar-refractivity contribution < 1.29 is 22.3 Å². The Bertz CT molecular complexity index is 953. The van der Waals surface area contributed by atoms with Crippen LogP contribution in [0.3, 0.4) is 0 Å². The van der Waals surface area contributed by atoms with Crippen LogP contribution in [0, 0.1) is 11.7 Å². The molecule has 0 saturated heterocycles. The molecule has 0 aliphatic heterocycles. The molecule has 8 heteroatoms. The van der Waals surface area contributed by atoms with Gasteiger partial charge in [0.1, 0.15) is 11.6 Å². The molecule has 6 nitrogen and oxygen atoms in total. The van der Waals surface area contributed by atoms with Gasteiger partial charge in [0, 0.05) is 19.0 Å². The molecule has 1 aliphatic rings. The van der Waals surface area contributed by atoms with Gasteiger partial charge in [-0.1, -0.05) is 13.8 Å². The number of sulfonamides is 1. The number of nitrogens with zero attached hydrogens (tertiary/aromatic N) is 1. The second-order valence-electron chi connectivity index (χ2n) is 6.57. The normalized spacial score (nSPS) is 14.1. The van der Waals surface area contributed by atoms with Gasteiger partial charge < -0.3 is 10.1 Å². The summed E-state index contributed by atoms with van der Waals surface area (Å²) >= 11 is 0. The Morgan fingerprint density at radius 3 is 2.36 bits per heavy atom. The second-order valence-corrected chi connectivity index (χ2v) is 8.50. The van der Waals surface area contributed by atoms with Crippen molar-refractivity contribution in [2.45, 2.75) is 31.6 Å². The highest BCUT2D eigenvalue weighted by Crippen LogP contribution is 2.35. The van der Waals surface area contributed by atoms with Crippen LogP contribution in [0.15, 0.2) is 47.4 Å². The SMILES string of the molecule is CCN(CC)S(=O)(=O)c1ccc(Oc2ccc(F)cc2)c(NC(=O)C2CC2)c1. The van der Waals surface area contributed by atoms with Gasteiger partial charge >= 0.3 is 0 Å². The summed E-state index contributed by atoms with van der Waals surface area (Å²) in [5.74, 6) is 0.0557. The highest BCUT2D eigenvalue weighted by molar-refractivity contribution is 7.89. The molecular weight excluding hydrogens is 383 g/mol. The van der Waals surface area contributed by atoms with Crippen LogP contribution in [0.2, 0.25) is 0 Å². The number of hydrogen-bond acceptors (Lipinski definition) is 4. The van der Waals surface area contributed by atoms with Crippen molar-refractivity contribution in [2.75, 3.05) is 18.4 Å². The Balaban J connectivity index is 1.96. The highest BCUT2D eigenvalue weighted by atomic mass is 32.2. The Labute approximate surface area is 164 Å². The van der Waals surface area contributed by atoms with E-state index in [1.165, 1.54) is 46.8 Å². The zero-order valence-electron chi connectivity index (χ0n) is 15.8. The van der Waals surface area contributed by atoms with Crippen molar-refractivity contribution >= 4 is 21.6 Å². The van der Waals surface area contributed by atoms with Crippen LogP contribution in [0.1, 0.15) is 26.7 Å². The van der Waals surface area contributed by atoms with Crippen LogP contribution >= 0.6 is 0 Å². The molecule has 1 amide bonds. The molecule has 0 atom stereocenters. The molecule has 0 unspecified atom stereocenters. The van der Waals surface area contributed by atoms with E-state index in [0.717, 1.165) is 12.8 Å². The lowest BCUT2D eigenvalue weighted by molar-refractivity contribution is -0.117. The first-order valence-corrected chi connectivity index (χ1v) is 10.7. The number of carbonyl (C=O) groups excluding carboxylic acids is 1. The van der Waals surface area contributed by atoms with Gasteiger partial charge in [-0.15, -0.1) is 0 Å². The molecular formula is C20H23FN2O4S. The topological polar surface area (TPSA) is 75.7 Å². The number of halogens is 1. The summed E-state index contributed by atoms with van der Waals surface area (Å²) in [7, 11) is -3.68. The monoisotopic (exact) mass is 406 g/mol. The van der Waals surface area contributed by atoms with Crippen molar-refractivity contribution in [1.82, 2.24) is 4.31 Å². The second kappa shape index (κ2) is 8.28. The van der Waals surface area contributed by atoms with E-state index in [-0.39, 0.29) is 22.4 Å². The van der Waals surface area contributed by atoms with E-state index >= 15 is 0 Å². The van der Waals surface area contributed by atoms with Crippen LogP contribution in [-0.4, -0.2) is 31.7 Å². The lowest BCUT2D eigenvalue weighted by Gasteiger charge is -2.20. The van der Waals surface area contributed by atoms with E-state index in [1.54, 1.807) is 13.8 Å². The smallest absolute Gasteiger partial charge is 0.243 e. The zero-order chi connectivity index (χ0) is 20.3. The molecule has 2 aromatic rings. The molecule has 0 heterocycles. The molecule has 1 aliphatic carbocycles. The number of hydrogen-bond donors (Lipinski definition) is 1. The van der Waals surface area contributed by atoms with Gasteiger partial charge in [-0.25, -0.2) is 12.8 Å². The van der Waals surface area contributed by atoms with E-state index in [1.807, 2.05) is 0 Å². The number of nitrogens with one attached hydrogen (secondary N) is 1. The van der Waals surface area contributed by atoms with Crippen LogP contribution in [0.25, 0.3) is 0 Å². The first-order chi connectivity index (χ1) is 13.3. The Kier molecular flexibility index (Phi) is 6.00. The molecule has 150 valence electrons. The minimum Gasteiger partial charge on any atom is -0.455 e. The molecule has 0 aromatic heterocycles. The quantitative estimate of drug-likeness (QED) is 0.719. The number of amides is 1. The molecule has 0 bridgehead atoms. The summed E-state index contributed by atoms with van der Waals surface area (Å²) in [5, 5.41) is 2.77. The van der Waals surface area contributed by atoms with Crippen molar-refractivity contribution in [1.29, 1.82) is 0 Å². The maximum Gasteiger partial charge on any atom is 0.243 e. The first kappa shape index (κ1) is 20.3. The standard InChI is InChI=1S/C20H23FN2O4S/c1-3-23(4-2)28(25,26)17-11-12-19(27-16-9-7-15(21)8-10-16)18(13-17)22-20(24)14-5-6-14/h7-14H,3-6H2,1-2H3,(H,22,24). The van der Waals surface area contributed by atoms with Crippen LogP contribution < -0.4 is 10.1 Å². The van der Waals surface area contributed by atoms with Gasteiger partial charge in [-0.2, -0.15) is 4.31 Å². The van der Waals surface area contributed by atoms with Gasteiger partial charge in [0.25, 0.3) is 0 Å². The van der Waals surface area contributed by atoms with Crippen molar-refractivity contribution in [3.63, 3.8) is 0 Å².